The van der Waals surface area contributed by atoms with Crippen LogP contribution in [0.4, 0.5) is 5.82 Å². The number of aliphatic hydroxyl groups excluding tert-OH is 1. The van der Waals surface area contributed by atoms with E-state index < -0.39 is 0 Å². The highest BCUT2D eigenvalue weighted by molar-refractivity contribution is 5.94. The Hall–Kier alpha value is -1.62. The molecule has 0 saturated heterocycles. The highest BCUT2D eigenvalue weighted by Gasteiger charge is 2.25. The van der Waals surface area contributed by atoms with Crippen molar-refractivity contribution in [3.8, 4) is 0 Å². The van der Waals surface area contributed by atoms with Crippen molar-refractivity contribution in [1.82, 2.24) is 10.3 Å². The number of amides is 1. The number of rotatable bonds is 6. The summed E-state index contributed by atoms with van der Waals surface area (Å²) in [5.74, 6) is 1.22. The predicted octanol–water partition coefficient (Wildman–Crippen LogP) is 2.21. The fraction of sp³-hybridized carbons (Fsp3) is 0.647. The summed E-state index contributed by atoms with van der Waals surface area (Å²) in [4.78, 5) is 18.6. The number of nitrogens with zero attached hydrogens (tertiary/aromatic N) is 2. The van der Waals surface area contributed by atoms with E-state index in [0.29, 0.717) is 17.9 Å². The zero-order chi connectivity index (χ0) is 15.9. The molecule has 1 saturated carbocycles. The average molecular weight is 305 g/mol. The van der Waals surface area contributed by atoms with Gasteiger partial charge in [-0.25, -0.2) is 4.98 Å². The maximum Gasteiger partial charge on any atom is 0.253 e. The molecular weight excluding hydrogens is 278 g/mol. The second-order valence-electron chi connectivity index (χ2n) is 6.29. The Morgan fingerprint density at radius 3 is 2.64 bits per heavy atom. The monoisotopic (exact) mass is 305 g/mol. The smallest absolute Gasteiger partial charge is 0.253 e. The minimum absolute atomic E-state index is 0.0614. The summed E-state index contributed by atoms with van der Waals surface area (Å²) in [7, 11) is 3.84. The molecule has 1 aliphatic rings. The van der Waals surface area contributed by atoms with Crippen LogP contribution in [0.15, 0.2) is 18.3 Å². The van der Waals surface area contributed by atoms with Gasteiger partial charge in [-0.1, -0.05) is 19.3 Å². The summed E-state index contributed by atoms with van der Waals surface area (Å²) in [5.41, 5.74) is 0.573. The number of pyridine rings is 1. The molecule has 1 unspecified atom stereocenters. The van der Waals surface area contributed by atoms with Crippen molar-refractivity contribution in [2.45, 2.75) is 44.6 Å². The van der Waals surface area contributed by atoms with Gasteiger partial charge < -0.3 is 15.3 Å². The van der Waals surface area contributed by atoms with Gasteiger partial charge in [-0.2, -0.15) is 0 Å². The summed E-state index contributed by atoms with van der Waals surface area (Å²) in [6.07, 6.45) is 8.25. The molecule has 0 spiro atoms. The van der Waals surface area contributed by atoms with Gasteiger partial charge in [0, 0.05) is 32.9 Å². The third kappa shape index (κ3) is 4.44. The van der Waals surface area contributed by atoms with Crippen molar-refractivity contribution in [3.05, 3.63) is 23.9 Å². The van der Waals surface area contributed by atoms with E-state index >= 15 is 0 Å². The van der Waals surface area contributed by atoms with Crippen molar-refractivity contribution in [1.29, 1.82) is 0 Å². The Balaban J connectivity index is 2.00. The molecule has 1 atom stereocenters. The second kappa shape index (κ2) is 8.13. The second-order valence-corrected chi connectivity index (χ2v) is 6.29. The van der Waals surface area contributed by atoms with Crippen LogP contribution >= 0.6 is 0 Å². The summed E-state index contributed by atoms with van der Waals surface area (Å²) >= 11 is 0. The normalized spacial score (nSPS) is 17.0. The largest absolute Gasteiger partial charge is 0.396 e. The van der Waals surface area contributed by atoms with Gasteiger partial charge >= 0.3 is 0 Å². The fourth-order valence-electron chi connectivity index (χ4n) is 3.14. The Morgan fingerprint density at radius 2 is 2.09 bits per heavy atom. The molecule has 0 aromatic carbocycles. The van der Waals surface area contributed by atoms with Crippen molar-refractivity contribution >= 4 is 11.7 Å². The van der Waals surface area contributed by atoms with Gasteiger partial charge in [-0.15, -0.1) is 0 Å². The van der Waals surface area contributed by atoms with Crippen LogP contribution in [0.25, 0.3) is 0 Å². The Morgan fingerprint density at radius 1 is 1.36 bits per heavy atom. The van der Waals surface area contributed by atoms with Crippen LogP contribution in [-0.2, 0) is 0 Å². The molecule has 1 aromatic heterocycles. The molecule has 1 aromatic rings. The molecule has 5 heteroatoms. The standard InChI is InChI=1S/C17H27N3O2/c1-20(2)16-9-8-14(12-18-16)17(22)19-15(10-11-21)13-6-4-3-5-7-13/h8-9,12-13,15,21H,3-7,10-11H2,1-2H3,(H,19,22). The molecule has 2 rings (SSSR count). The third-order valence-corrected chi connectivity index (χ3v) is 4.44. The van der Waals surface area contributed by atoms with Gasteiger partial charge in [0.15, 0.2) is 0 Å². The van der Waals surface area contributed by atoms with Crippen molar-refractivity contribution in [2.24, 2.45) is 5.92 Å². The quantitative estimate of drug-likeness (QED) is 0.846. The number of carbonyl (C=O) groups is 1. The van der Waals surface area contributed by atoms with E-state index in [4.69, 9.17) is 0 Å². The lowest BCUT2D eigenvalue weighted by molar-refractivity contribution is 0.0899. The van der Waals surface area contributed by atoms with Gasteiger partial charge in [0.25, 0.3) is 5.91 Å². The van der Waals surface area contributed by atoms with E-state index in [9.17, 15) is 9.90 Å². The van der Waals surface area contributed by atoms with Crippen LogP contribution in [0.5, 0.6) is 0 Å². The minimum Gasteiger partial charge on any atom is -0.396 e. The number of hydrogen-bond donors (Lipinski definition) is 2. The molecule has 2 N–H and O–H groups in total. The van der Waals surface area contributed by atoms with Gasteiger partial charge in [0.1, 0.15) is 5.82 Å². The van der Waals surface area contributed by atoms with Crippen LogP contribution in [0.1, 0.15) is 48.9 Å². The van der Waals surface area contributed by atoms with Crippen molar-refractivity contribution in [2.75, 3.05) is 25.6 Å². The molecule has 122 valence electrons. The van der Waals surface area contributed by atoms with E-state index in [2.05, 4.69) is 10.3 Å². The van der Waals surface area contributed by atoms with E-state index in [0.717, 1.165) is 18.7 Å². The minimum atomic E-state index is -0.0955. The Labute approximate surface area is 132 Å². The zero-order valence-corrected chi connectivity index (χ0v) is 13.6. The molecule has 1 amide bonds. The van der Waals surface area contributed by atoms with Crippen molar-refractivity contribution < 1.29 is 9.90 Å². The van der Waals surface area contributed by atoms with E-state index in [-0.39, 0.29) is 18.6 Å². The van der Waals surface area contributed by atoms with Crippen LogP contribution in [-0.4, -0.2) is 42.7 Å². The van der Waals surface area contributed by atoms with Crippen LogP contribution in [0, 0.1) is 5.92 Å². The molecule has 1 aliphatic carbocycles. The summed E-state index contributed by atoms with van der Waals surface area (Å²) in [5, 5.41) is 12.4. The summed E-state index contributed by atoms with van der Waals surface area (Å²) < 4.78 is 0. The highest BCUT2D eigenvalue weighted by Crippen LogP contribution is 2.27. The molecule has 5 nitrogen and oxygen atoms in total. The lowest BCUT2D eigenvalue weighted by atomic mass is 9.82. The fourth-order valence-corrected chi connectivity index (χ4v) is 3.14. The van der Waals surface area contributed by atoms with Crippen LogP contribution in [0.3, 0.4) is 0 Å². The molecule has 1 heterocycles. The first-order valence-electron chi connectivity index (χ1n) is 8.17. The van der Waals surface area contributed by atoms with Gasteiger partial charge in [-0.05, 0) is 37.3 Å². The molecular formula is C17H27N3O2. The summed E-state index contributed by atoms with van der Waals surface area (Å²) in [6, 6.07) is 3.71. The lowest BCUT2D eigenvalue weighted by Gasteiger charge is -2.30. The number of aliphatic hydroxyl groups is 1. The Kier molecular flexibility index (Phi) is 6.19. The summed E-state index contributed by atoms with van der Waals surface area (Å²) in [6.45, 7) is 0.110. The highest BCUT2D eigenvalue weighted by atomic mass is 16.3. The molecule has 0 aliphatic heterocycles. The molecule has 0 bridgehead atoms. The molecule has 0 radical (unpaired) electrons. The number of aromatic nitrogens is 1. The third-order valence-electron chi connectivity index (χ3n) is 4.44. The number of carbonyl (C=O) groups excluding carboxylic acids is 1. The lowest BCUT2D eigenvalue weighted by Crippen LogP contribution is -2.41. The zero-order valence-electron chi connectivity index (χ0n) is 13.6. The maximum absolute atomic E-state index is 12.4. The van der Waals surface area contributed by atoms with E-state index in [1.165, 1.54) is 19.3 Å². The van der Waals surface area contributed by atoms with E-state index in [1.54, 1.807) is 12.3 Å². The molecule has 1 fully saturated rings. The SMILES string of the molecule is CN(C)c1ccc(C(=O)NC(CCO)C2CCCCC2)cn1. The maximum atomic E-state index is 12.4. The van der Waals surface area contributed by atoms with Crippen molar-refractivity contribution in [3.63, 3.8) is 0 Å². The first-order chi connectivity index (χ1) is 10.6. The van der Waals surface area contributed by atoms with Crippen LogP contribution in [0.2, 0.25) is 0 Å². The van der Waals surface area contributed by atoms with Gasteiger partial charge in [-0.3, -0.25) is 4.79 Å². The number of nitrogens with one attached hydrogen (secondary N) is 1. The van der Waals surface area contributed by atoms with Gasteiger partial charge in [0.2, 0.25) is 0 Å². The first kappa shape index (κ1) is 16.7. The first-order valence-corrected chi connectivity index (χ1v) is 8.17. The topological polar surface area (TPSA) is 65.5 Å². The number of anilines is 1. The average Bonchev–Trinajstić information content (AvgIpc) is 2.55. The van der Waals surface area contributed by atoms with Gasteiger partial charge in [0.05, 0.1) is 5.56 Å². The van der Waals surface area contributed by atoms with E-state index in [1.807, 2.05) is 25.1 Å². The van der Waals surface area contributed by atoms with Crippen LogP contribution < -0.4 is 10.2 Å². The number of hydrogen-bond acceptors (Lipinski definition) is 4. The Bertz CT molecular complexity index is 467. The molecule has 22 heavy (non-hydrogen) atoms. The predicted molar refractivity (Wildman–Crippen MR) is 88.1 cm³/mol.